The molecule has 0 N–H and O–H groups in total. The molecule has 66 valence electrons. The Labute approximate surface area is 77.8 Å². The van der Waals surface area contributed by atoms with Gasteiger partial charge < -0.3 is 10.1 Å². The van der Waals surface area contributed by atoms with E-state index in [4.69, 9.17) is 0 Å². The molecule has 13 heavy (non-hydrogen) atoms. The van der Waals surface area contributed by atoms with Crippen LogP contribution < -0.4 is 0 Å². The number of nitrogens with zero attached hydrogens (tertiary/aromatic N) is 4. The highest BCUT2D eigenvalue weighted by molar-refractivity contribution is 7.80. The molecule has 0 aromatic carbocycles. The summed E-state index contributed by atoms with van der Waals surface area (Å²) in [6.07, 6.45) is 1.16. The van der Waals surface area contributed by atoms with E-state index < -0.39 is 4.92 Å². The second-order valence-corrected chi connectivity index (χ2v) is 2.79. The first kappa shape index (κ1) is 7.99. The number of hydrogen-bond donors (Lipinski definition) is 1. The summed E-state index contributed by atoms with van der Waals surface area (Å²) < 4.78 is 1.14. The van der Waals surface area contributed by atoms with Crippen LogP contribution in [0.4, 0.5) is 5.82 Å². The molecule has 2 heterocycles. The van der Waals surface area contributed by atoms with Gasteiger partial charge in [-0.1, -0.05) is 9.61 Å². The van der Waals surface area contributed by atoms with Crippen molar-refractivity contribution in [1.82, 2.24) is 14.6 Å². The van der Waals surface area contributed by atoms with Gasteiger partial charge in [0.2, 0.25) is 5.65 Å². The normalized spacial score (nSPS) is 10.5. The van der Waals surface area contributed by atoms with Gasteiger partial charge in [0, 0.05) is 6.07 Å². The molecule has 2 aromatic heterocycles. The van der Waals surface area contributed by atoms with Gasteiger partial charge in [0.1, 0.15) is 11.2 Å². The van der Waals surface area contributed by atoms with Crippen LogP contribution in [0.2, 0.25) is 0 Å². The highest BCUT2D eigenvalue weighted by Gasteiger charge is 2.14. The van der Waals surface area contributed by atoms with E-state index in [2.05, 4.69) is 22.7 Å². The highest BCUT2D eigenvalue weighted by atomic mass is 32.1. The van der Waals surface area contributed by atoms with Gasteiger partial charge in [-0.3, -0.25) is 0 Å². The number of thiol groups is 1. The van der Waals surface area contributed by atoms with Crippen molar-refractivity contribution in [3.05, 3.63) is 28.4 Å². The first-order chi connectivity index (χ1) is 6.18. The fourth-order valence-corrected chi connectivity index (χ4v) is 1.14. The molecule has 0 radical (unpaired) electrons. The van der Waals surface area contributed by atoms with Crippen LogP contribution in [-0.4, -0.2) is 19.5 Å². The smallest absolute Gasteiger partial charge is 0.358 e. The van der Waals surface area contributed by atoms with Gasteiger partial charge in [-0.15, -0.1) is 12.6 Å². The van der Waals surface area contributed by atoms with Gasteiger partial charge in [0.25, 0.3) is 0 Å². The summed E-state index contributed by atoms with van der Waals surface area (Å²) in [4.78, 5) is 13.7. The molecule has 0 unspecified atom stereocenters. The lowest BCUT2D eigenvalue weighted by molar-refractivity contribution is -0.391. The topological polar surface area (TPSA) is 73.3 Å². The molecule has 0 amide bonds. The van der Waals surface area contributed by atoms with Crippen molar-refractivity contribution < 1.29 is 4.92 Å². The average molecular weight is 196 g/mol. The Bertz CT molecular complexity index is 480. The standard InChI is InChI=1S/C6H4N4O2S/c11-10(12)6-3-7-4-1-2-5(13)8-9(4)6/h1-3H,(H,8,13). The van der Waals surface area contributed by atoms with Crippen molar-refractivity contribution in [2.45, 2.75) is 5.03 Å². The molecule has 7 heteroatoms. The van der Waals surface area contributed by atoms with Crippen LogP contribution in [0.15, 0.2) is 23.4 Å². The van der Waals surface area contributed by atoms with Crippen molar-refractivity contribution in [3.8, 4) is 0 Å². The van der Waals surface area contributed by atoms with Crippen LogP contribution in [0.25, 0.3) is 5.65 Å². The fraction of sp³-hybridized carbons (Fsp3) is 0. The summed E-state index contributed by atoms with van der Waals surface area (Å²) in [7, 11) is 0. The monoisotopic (exact) mass is 196 g/mol. The Morgan fingerprint density at radius 1 is 1.54 bits per heavy atom. The van der Waals surface area contributed by atoms with E-state index >= 15 is 0 Å². The molecule has 6 nitrogen and oxygen atoms in total. The molecular weight excluding hydrogens is 192 g/mol. The van der Waals surface area contributed by atoms with Gasteiger partial charge >= 0.3 is 5.82 Å². The van der Waals surface area contributed by atoms with Crippen LogP contribution in [0.3, 0.4) is 0 Å². The number of rotatable bonds is 1. The zero-order valence-electron chi connectivity index (χ0n) is 6.28. The second-order valence-electron chi connectivity index (χ2n) is 2.34. The summed E-state index contributed by atoms with van der Waals surface area (Å²) in [6.45, 7) is 0. The van der Waals surface area contributed by atoms with E-state index in [1.54, 1.807) is 12.1 Å². The molecule has 0 saturated heterocycles. The fourth-order valence-electron chi connectivity index (χ4n) is 0.976. The zero-order valence-corrected chi connectivity index (χ0v) is 7.18. The van der Waals surface area contributed by atoms with Crippen LogP contribution >= 0.6 is 12.6 Å². The quantitative estimate of drug-likeness (QED) is 0.418. The lowest BCUT2D eigenvalue weighted by Gasteiger charge is -1.91. The van der Waals surface area contributed by atoms with E-state index in [-0.39, 0.29) is 5.82 Å². The lowest BCUT2D eigenvalue weighted by Crippen LogP contribution is -1.97. The third-order valence-electron chi connectivity index (χ3n) is 1.52. The van der Waals surface area contributed by atoms with Gasteiger partial charge in [-0.2, -0.15) is 0 Å². The number of imidazole rings is 1. The minimum Gasteiger partial charge on any atom is -0.358 e. The summed E-state index contributed by atoms with van der Waals surface area (Å²) >= 11 is 3.97. The SMILES string of the molecule is O=[N+]([O-])c1cnc2ccc(S)nn12. The third-order valence-corrected chi connectivity index (χ3v) is 1.76. The van der Waals surface area contributed by atoms with E-state index in [0.717, 1.165) is 10.7 Å². The number of nitro groups is 1. The summed E-state index contributed by atoms with van der Waals surface area (Å²) in [6, 6.07) is 3.23. The van der Waals surface area contributed by atoms with E-state index in [9.17, 15) is 10.1 Å². The van der Waals surface area contributed by atoms with Crippen molar-refractivity contribution in [2.75, 3.05) is 0 Å². The number of aromatic nitrogens is 3. The maximum absolute atomic E-state index is 10.5. The van der Waals surface area contributed by atoms with Crippen molar-refractivity contribution in [2.24, 2.45) is 0 Å². The van der Waals surface area contributed by atoms with Crippen LogP contribution in [0.1, 0.15) is 0 Å². The van der Waals surface area contributed by atoms with Crippen LogP contribution in [-0.2, 0) is 0 Å². The molecule has 0 bridgehead atoms. The molecule has 0 atom stereocenters. The second kappa shape index (κ2) is 2.70. The van der Waals surface area contributed by atoms with Crippen molar-refractivity contribution >= 4 is 24.1 Å². The number of fused-ring (bicyclic) bond motifs is 1. The Kier molecular flexibility index (Phi) is 1.66. The number of hydrogen-bond acceptors (Lipinski definition) is 5. The predicted octanol–water partition coefficient (Wildman–Crippen LogP) is 0.926. The summed E-state index contributed by atoms with van der Waals surface area (Å²) in [5.74, 6) is -0.161. The van der Waals surface area contributed by atoms with Gasteiger partial charge in [0.05, 0.1) is 0 Å². The lowest BCUT2D eigenvalue weighted by atomic mass is 10.6. The molecule has 0 aliphatic heterocycles. The molecular formula is C6H4N4O2S. The van der Waals surface area contributed by atoms with Crippen LogP contribution in [0.5, 0.6) is 0 Å². The molecule has 0 aliphatic rings. The molecule has 0 aliphatic carbocycles. The Balaban J connectivity index is 2.79. The highest BCUT2D eigenvalue weighted by Crippen LogP contribution is 2.13. The zero-order chi connectivity index (χ0) is 9.42. The first-order valence-corrected chi connectivity index (χ1v) is 3.81. The maximum atomic E-state index is 10.5. The summed E-state index contributed by atoms with van der Waals surface area (Å²) in [5, 5.41) is 14.7. The Hall–Kier alpha value is -1.63. The Morgan fingerprint density at radius 2 is 2.31 bits per heavy atom. The van der Waals surface area contributed by atoms with Crippen molar-refractivity contribution in [3.63, 3.8) is 0 Å². The average Bonchev–Trinajstić information content (AvgIpc) is 2.46. The minimum atomic E-state index is -0.541. The van der Waals surface area contributed by atoms with Crippen LogP contribution in [0, 0.1) is 10.1 Å². The van der Waals surface area contributed by atoms with Gasteiger partial charge in [-0.25, -0.2) is 4.98 Å². The third kappa shape index (κ3) is 1.22. The minimum absolute atomic E-state index is 0.161. The van der Waals surface area contributed by atoms with Gasteiger partial charge in [-0.05, 0) is 11.0 Å². The molecule has 2 rings (SSSR count). The molecule has 0 fully saturated rings. The molecule has 0 saturated carbocycles. The maximum Gasteiger partial charge on any atom is 0.368 e. The summed E-state index contributed by atoms with van der Waals surface area (Å²) in [5.41, 5.74) is 0.435. The van der Waals surface area contributed by atoms with Crippen molar-refractivity contribution in [1.29, 1.82) is 0 Å². The Morgan fingerprint density at radius 3 is 3.00 bits per heavy atom. The van der Waals surface area contributed by atoms with E-state index in [0.29, 0.717) is 10.7 Å². The predicted molar refractivity (Wildman–Crippen MR) is 46.9 cm³/mol. The van der Waals surface area contributed by atoms with E-state index in [1.807, 2.05) is 0 Å². The molecule has 0 spiro atoms. The molecule has 2 aromatic rings. The van der Waals surface area contributed by atoms with E-state index in [1.165, 1.54) is 0 Å². The first-order valence-electron chi connectivity index (χ1n) is 3.36. The largest absolute Gasteiger partial charge is 0.368 e. The van der Waals surface area contributed by atoms with Gasteiger partial charge in [0.15, 0.2) is 0 Å².